The van der Waals surface area contributed by atoms with Gasteiger partial charge in [0.25, 0.3) is 0 Å². The predicted octanol–water partition coefficient (Wildman–Crippen LogP) is 5.79. The van der Waals surface area contributed by atoms with Crippen molar-refractivity contribution in [1.82, 2.24) is 15.0 Å². The van der Waals surface area contributed by atoms with Gasteiger partial charge < -0.3 is 14.7 Å². The van der Waals surface area contributed by atoms with Crippen molar-refractivity contribution in [2.24, 2.45) is 0 Å². The Labute approximate surface area is 222 Å². The van der Waals surface area contributed by atoms with Crippen molar-refractivity contribution in [2.75, 3.05) is 31.2 Å². The highest BCUT2D eigenvalue weighted by Crippen LogP contribution is 2.28. The van der Waals surface area contributed by atoms with Crippen LogP contribution in [-0.2, 0) is 4.74 Å². The molecule has 1 unspecified atom stereocenters. The summed E-state index contributed by atoms with van der Waals surface area (Å²) in [7, 11) is 0. The molecule has 38 heavy (non-hydrogen) atoms. The van der Waals surface area contributed by atoms with E-state index in [1.54, 1.807) is 0 Å². The number of aliphatic hydroxyl groups excluding tert-OH is 1. The molecule has 188 valence electrons. The molecule has 0 bridgehead atoms. The third-order valence-corrected chi connectivity index (χ3v) is 6.77. The molecular weight excluding hydrogens is 472 g/mol. The van der Waals surface area contributed by atoms with Crippen molar-refractivity contribution in [3.63, 3.8) is 0 Å². The van der Waals surface area contributed by atoms with E-state index < -0.39 is 6.10 Å². The Morgan fingerprint density at radius 1 is 0.553 bits per heavy atom. The lowest BCUT2D eigenvalue weighted by Gasteiger charge is -2.29. The van der Waals surface area contributed by atoms with E-state index in [1.807, 2.05) is 97.1 Å². The van der Waals surface area contributed by atoms with Crippen LogP contribution in [0.1, 0.15) is 17.2 Å². The van der Waals surface area contributed by atoms with Gasteiger partial charge in [-0.2, -0.15) is 0 Å². The summed E-state index contributed by atoms with van der Waals surface area (Å²) in [5.41, 5.74) is 5.54. The molecule has 1 saturated heterocycles. The molecule has 0 radical (unpaired) electrons. The number of benzene rings is 4. The van der Waals surface area contributed by atoms with E-state index in [0.717, 1.165) is 59.8 Å². The molecule has 1 aliphatic rings. The molecule has 0 aliphatic carbocycles. The number of hydrogen-bond acceptors (Lipinski definition) is 6. The Hall–Kier alpha value is -4.39. The number of aliphatic hydroxyl groups is 1. The van der Waals surface area contributed by atoms with Gasteiger partial charge in [0.05, 0.1) is 13.2 Å². The van der Waals surface area contributed by atoms with Gasteiger partial charge in [-0.1, -0.05) is 97.1 Å². The van der Waals surface area contributed by atoms with Crippen LogP contribution in [0, 0.1) is 0 Å². The first-order valence-corrected chi connectivity index (χ1v) is 12.8. The SMILES string of the molecule is OC(c1ccc(-c2nc(-c3ccccc3)nc(-c3ccccc3)n2)cc1)c1ccc(N2CCOCC2)cc1. The molecule has 1 aromatic heterocycles. The van der Waals surface area contributed by atoms with Crippen molar-refractivity contribution in [2.45, 2.75) is 6.10 Å². The molecule has 6 nitrogen and oxygen atoms in total. The van der Waals surface area contributed by atoms with Crippen molar-refractivity contribution in [1.29, 1.82) is 0 Å². The maximum Gasteiger partial charge on any atom is 0.164 e. The Morgan fingerprint density at radius 2 is 0.974 bits per heavy atom. The summed E-state index contributed by atoms with van der Waals surface area (Å²) in [6.07, 6.45) is -0.721. The predicted molar refractivity (Wildman–Crippen MR) is 150 cm³/mol. The second kappa shape index (κ2) is 10.9. The summed E-state index contributed by atoms with van der Waals surface area (Å²) in [6.45, 7) is 3.27. The molecule has 0 spiro atoms. The molecule has 2 heterocycles. The number of rotatable bonds is 6. The van der Waals surface area contributed by atoms with Gasteiger partial charge in [-0.25, -0.2) is 15.0 Å². The van der Waals surface area contributed by atoms with Crippen molar-refractivity contribution < 1.29 is 9.84 Å². The van der Waals surface area contributed by atoms with E-state index in [-0.39, 0.29) is 0 Å². The van der Waals surface area contributed by atoms with Crippen LogP contribution in [0.15, 0.2) is 109 Å². The molecule has 1 N–H and O–H groups in total. The Balaban J connectivity index is 1.28. The zero-order chi connectivity index (χ0) is 25.7. The van der Waals surface area contributed by atoms with Crippen LogP contribution in [0.4, 0.5) is 5.69 Å². The minimum Gasteiger partial charge on any atom is -0.384 e. The Kier molecular flexibility index (Phi) is 6.89. The first kappa shape index (κ1) is 24.0. The molecule has 1 fully saturated rings. The zero-order valence-electron chi connectivity index (χ0n) is 20.9. The van der Waals surface area contributed by atoms with Crippen molar-refractivity contribution in [3.8, 4) is 34.2 Å². The summed E-state index contributed by atoms with van der Waals surface area (Å²) in [6, 6.07) is 35.8. The van der Waals surface area contributed by atoms with Crippen LogP contribution in [0.5, 0.6) is 0 Å². The lowest BCUT2D eigenvalue weighted by Crippen LogP contribution is -2.36. The lowest BCUT2D eigenvalue weighted by atomic mass is 9.99. The molecule has 5 aromatic rings. The topological polar surface area (TPSA) is 71.4 Å². The van der Waals surface area contributed by atoms with Crippen LogP contribution in [0.2, 0.25) is 0 Å². The van der Waals surface area contributed by atoms with Gasteiger partial charge in [0.1, 0.15) is 6.10 Å². The van der Waals surface area contributed by atoms with Crippen LogP contribution in [0.25, 0.3) is 34.2 Å². The minimum absolute atomic E-state index is 0.591. The van der Waals surface area contributed by atoms with E-state index in [9.17, 15) is 5.11 Å². The van der Waals surface area contributed by atoms with Crippen LogP contribution in [0.3, 0.4) is 0 Å². The van der Waals surface area contributed by atoms with Crippen molar-refractivity contribution >= 4 is 5.69 Å². The number of hydrogen-bond donors (Lipinski definition) is 1. The van der Waals surface area contributed by atoms with E-state index in [1.165, 1.54) is 0 Å². The highest BCUT2D eigenvalue weighted by molar-refractivity contribution is 5.66. The van der Waals surface area contributed by atoms with Crippen LogP contribution >= 0.6 is 0 Å². The fraction of sp³-hybridized carbons (Fsp3) is 0.156. The molecule has 1 atom stereocenters. The first-order valence-electron chi connectivity index (χ1n) is 12.8. The minimum atomic E-state index is -0.721. The smallest absolute Gasteiger partial charge is 0.164 e. The maximum atomic E-state index is 11.1. The monoisotopic (exact) mass is 500 g/mol. The fourth-order valence-electron chi connectivity index (χ4n) is 4.63. The maximum absolute atomic E-state index is 11.1. The first-order chi connectivity index (χ1) is 18.7. The third kappa shape index (κ3) is 5.18. The standard InChI is InChI=1S/C32H28N4O2/c37-29(24-15-17-28(18-16-24)36-19-21-38-22-20-36)23-11-13-27(14-12-23)32-34-30(25-7-3-1-4-8-25)33-31(35-32)26-9-5-2-6-10-26/h1-18,29,37H,19-22H2. The second-order valence-electron chi connectivity index (χ2n) is 9.25. The quantitative estimate of drug-likeness (QED) is 0.318. The van der Waals surface area contributed by atoms with Gasteiger partial charge in [0.15, 0.2) is 17.5 Å². The molecule has 0 saturated carbocycles. The summed E-state index contributed by atoms with van der Waals surface area (Å²) < 4.78 is 5.45. The summed E-state index contributed by atoms with van der Waals surface area (Å²) >= 11 is 0. The molecule has 6 heteroatoms. The second-order valence-corrected chi connectivity index (χ2v) is 9.25. The Morgan fingerprint density at radius 3 is 1.45 bits per heavy atom. The average molecular weight is 501 g/mol. The summed E-state index contributed by atoms with van der Waals surface area (Å²) in [4.78, 5) is 16.6. The molecule has 0 amide bonds. The summed E-state index contributed by atoms with van der Waals surface area (Å²) in [5, 5.41) is 11.1. The molecule has 4 aromatic carbocycles. The normalized spacial score (nSPS) is 14.3. The van der Waals surface area contributed by atoms with Crippen molar-refractivity contribution in [3.05, 3.63) is 120 Å². The number of aromatic nitrogens is 3. The highest BCUT2D eigenvalue weighted by Gasteiger charge is 2.16. The number of anilines is 1. The molecule has 1 aliphatic heterocycles. The summed E-state index contributed by atoms with van der Waals surface area (Å²) in [5.74, 6) is 1.84. The van der Waals surface area contributed by atoms with Gasteiger partial charge in [-0.3, -0.25) is 0 Å². The van der Waals surface area contributed by atoms with E-state index in [4.69, 9.17) is 19.7 Å². The van der Waals surface area contributed by atoms with Gasteiger partial charge in [0, 0.05) is 35.5 Å². The van der Waals surface area contributed by atoms with E-state index in [2.05, 4.69) is 17.0 Å². The largest absolute Gasteiger partial charge is 0.384 e. The average Bonchev–Trinajstić information content (AvgIpc) is 3.02. The van der Waals surface area contributed by atoms with Crippen LogP contribution in [-0.4, -0.2) is 46.4 Å². The molecular formula is C32H28N4O2. The number of nitrogens with zero attached hydrogens (tertiary/aromatic N) is 4. The van der Waals surface area contributed by atoms with Gasteiger partial charge in [0.2, 0.25) is 0 Å². The fourth-order valence-corrected chi connectivity index (χ4v) is 4.63. The van der Waals surface area contributed by atoms with E-state index >= 15 is 0 Å². The van der Waals surface area contributed by atoms with E-state index in [0.29, 0.717) is 17.5 Å². The molecule has 6 rings (SSSR count). The number of morpholine rings is 1. The highest BCUT2D eigenvalue weighted by atomic mass is 16.5. The zero-order valence-corrected chi connectivity index (χ0v) is 20.9. The number of ether oxygens (including phenoxy) is 1. The van der Waals surface area contributed by atoms with Crippen LogP contribution < -0.4 is 4.90 Å². The third-order valence-electron chi connectivity index (χ3n) is 6.77. The Bertz CT molecular complexity index is 1430. The van der Waals surface area contributed by atoms with Gasteiger partial charge >= 0.3 is 0 Å². The van der Waals surface area contributed by atoms with Gasteiger partial charge in [-0.15, -0.1) is 0 Å². The lowest BCUT2D eigenvalue weighted by molar-refractivity contribution is 0.122. The van der Waals surface area contributed by atoms with Gasteiger partial charge in [-0.05, 0) is 23.3 Å².